The van der Waals surface area contributed by atoms with Gasteiger partial charge >= 0.3 is 0 Å². The van der Waals surface area contributed by atoms with E-state index in [4.69, 9.17) is 15.0 Å². The van der Waals surface area contributed by atoms with Gasteiger partial charge in [0.05, 0.1) is 27.8 Å². The van der Waals surface area contributed by atoms with Crippen LogP contribution in [0.1, 0.15) is 0 Å². The summed E-state index contributed by atoms with van der Waals surface area (Å²) in [5.41, 5.74) is 9.73. The Morgan fingerprint density at radius 3 is 1.29 bits per heavy atom. The molecule has 13 rings (SSSR count). The summed E-state index contributed by atoms with van der Waals surface area (Å²) in [5.74, 6) is 1.83. The van der Waals surface area contributed by atoms with Crippen LogP contribution in [0.2, 0.25) is 0 Å². The van der Waals surface area contributed by atoms with Gasteiger partial charge in [-0.2, -0.15) is 9.97 Å². The van der Waals surface area contributed by atoms with Crippen molar-refractivity contribution in [3.8, 4) is 45.5 Å². The standard InChI is InChI=1S/C57H35N5/c1-3-18-36(19-4-1)55-58-56(37-20-5-2-6-21-37)60-57(59-55)62-51-33-16-13-27-43(51)48-34-52-47(35-53(48)62)42-26-12-15-32-50(42)61(52)49-31-14-11-25-41(49)46-30-17-29-45-40-23-8-7-22-38(40)39-24-9-10-28-44(39)54(45)46/h1-35H. The summed E-state index contributed by atoms with van der Waals surface area (Å²) in [6.07, 6.45) is 0. The molecule has 3 heterocycles. The minimum Gasteiger partial charge on any atom is -0.309 e. The van der Waals surface area contributed by atoms with Crippen LogP contribution in [0.15, 0.2) is 212 Å². The molecule has 0 aliphatic rings. The van der Waals surface area contributed by atoms with Crippen molar-refractivity contribution < 1.29 is 0 Å². The average Bonchev–Trinajstić information content (AvgIpc) is 3.85. The third-order valence-corrected chi connectivity index (χ3v) is 12.6. The second kappa shape index (κ2) is 13.6. The van der Waals surface area contributed by atoms with Crippen molar-refractivity contribution in [1.82, 2.24) is 24.1 Å². The van der Waals surface area contributed by atoms with Crippen LogP contribution in [0.3, 0.4) is 0 Å². The van der Waals surface area contributed by atoms with Crippen molar-refractivity contribution >= 4 is 75.9 Å². The summed E-state index contributed by atoms with van der Waals surface area (Å²) in [4.78, 5) is 15.4. The number of aromatic nitrogens is 5. The Morgan fingerprint density at radius 2 is 0.694 bits per heavy atom. The molecule has 0 N–H and O–H groups in total. The lowest BCUT2D eigenvalue weighted by molar-refractivity contribution is 0.954. The third kappa shape index (κ3) is 5.12. The first kappa shape index (κ1) is 34.5. The molecular formula is C57H35N5. The van der Waals surface area contributed by atoms with Crippen LogP contribution in [0.25, 0.3) is 121 Å². The molecule has 0 fully saturated rings. The highest BCUT2D eigenvalue weighted by atomic mass is 15.2. The first-order chi connectivity index (χ1) is 30.8. The zero-order chi connectivity index (χ0) is 40.7. The van der Waals surface area contributed by atoms with Gasteiger partial charge in [0.15, 0.2) is 11.6 Å². The van der Waals surface area contributed by atoms with Crippen LogP contribution in [0.4, 0.5) is 0 Å². The summed E-state index contributed by atoms with van der Waals surface area (Å²) >= 11 is 0. The predicted molar refractivity (Wildman–Crippen MR) is 257 cm³/mol. The summed E-state index contributed by atoms with van der Waals surface area (Å²) < 4.78 is 4.69. The molecule has 10 aromatic carbocycles. The van der Waals surface area contributed by atoms with Gasteiger partial charge in [-0.3, -0.25) is 4.57 Å². The molecule has 0 spiro atoms. The molecule has 288 valence electrons. The van der Waals surface area contributed by atoms with Gasteiger partial charge < -0.3 is 4.57 Å². The lowest BCUT2D eigenvalue weighted by Crippen LogP contribution is -2.06. The molecule has 0 bridgehead atoms. The van der Waals surface area contributed by atoms with E-state index >= 15 is 0 Å². The number of hydrogen-bond acceptors (Lipinski definition) is 3. The molecule has 5 nitrogen and oxygen atoms in total. The maximum absolute atomic E-state index is 5.21. The number of nitrogens with zero attached hydrogens (tertiary/aromatic N) is 5. The second-order valence-corrected chi connectivity index (χ2v) is 15.9. The Kier molecular flexibility index (Phi) is 7.54. The summed E-state index contributed by atoms with van der Waals surface area (Å²) in [6, 6.07) is 75.8. The molecule has 3 aromatic heterocycles. The van der Waals surface area contributed by atoms with Crippen LogP contribution in [0.5, 0.6) is 0 Å². The molecule has 0 amide bonds. The van der Waals surface area contributed by atoms with Gasteiger partial charge in [-0.25, -0.2) is 4.98 Å². The van der Waals surface area contributed by atoms with E-state index in [1.54, 1.807) is 0 Å². The van der Waals surface area contributed by atoms with E-state index in [-0.39, 0.29) is 0 Å². The van der Waals surface area contributed by atoms with Gasteiger partial charge in [0.1, 0.15) is 0 Å². The topological polar surface area (TPSA) is 48.5 Å². The largest absolute Gasteiger partial charge is 0.309 e. The molecule has 62 heavy (non-hydrogen) atoms. The average molecular weight is 790 g/mol. The normalized spacial score (nSPS) is 11.9. The number of rotatable bonds is 5. The highest BCUT2D eigenvalue weighted by molar-refractivity contribution is 6.29. The highest BCUT2D eigenvalue weighted by Crippen LogP contribution is 2.44. The minimum atomic E-state index is 0.577. The van der Waals surface area contributed by atoms with Crippen molar-refractivity contribution in [1.29, 1.82) is 0 Å². The molecule has 0 aliphatic carbocycles. The molecule has 0 saturated carbocycles. The van der Waals surface area contributed by atoms with Crippen LogP contribution in [-0.4, -0.2) is 24.1 Å². The number of fused-ring (bicyclic) bond motifs is 12. The van der Waals surface area contributed by atoms with Crippen LogP contribution in [-0.2, 0) is 0 Å². The monoisotopic (exact) mass is 789 g/mol. The zero-order valence-corrected chi connectivity index (χ0v) is 33.4. The maximum atomic E-state index is 5.21. The summed E-state index contributed by atoms with van der Waals surface area (Å²) in [6.45, 7) is 0. The minimum absolute atomic E-state index is 0.577. The van der Waals surface area contributed by atoms with Crippen molar-refractivity contribution in [2.75, 3.05) is 0 Å². The van der Waals surface area contributed by atoms with Crippen LogP contribution >= 0.6 is 0 Å². The molecule has 0 radical (unpaired) electrons. The van der Waals surface area contributed by atoms with E-state index in [2.05, 4.69) is 185 Å². The molecule has 0 unspecified atom stereocenters. The second-order valence-electron chi connectivity index (χ2n) is 15.9. The molecular weight excluding hydrogens is 755 g/mol. The summed E-state index contributed by atoms with van der Waals surface area (Å²) in [7, 11) is 0. The fraction of sp³-hybridized carbons (Fsp3) is 0. The van der Waals surface area contributed by atoms with E-state index in [0.29, 0.717) is 17.6 Å². The van der Waals surface area contributed by atoms with Crippen LogP contribution in [0, 0.1) is 0 Å². The van der Waals surface area contributed by atoms with Crippen molar-refractivity contribution in [3.63, 3.8) is 0 Å². The van der Waals surface area contributed by atoms with Crippen molar-refractivity contribution in [3.05, 3.63) is 212 Å². The van der Waals surface area contributed by atoms with E-state index in [1.807, 2.05) is 36.4 Å². The first-order valence-corrected chi connectivity index (χ1v) is 21.0. The Hall–Kier alpha value is -8.41. The van der Waals surface area contributed by atoms with Crippen LogP contribution < -0.4 is 0 Å². The molecule has 0 aliphatic heterocycles. The maximum Gasteiger partial charge on any atom is 0.238 e. The zero-order valence-electron chi connectivity index (χ0n) is 33.4. The van der Waals surface area contributed by atoms with Crippen molar-refractivity contribution in [2.24, 2.45) is 0 Å². The Balaban J connectivity index is 1.10. The summed E-state index contributed by atoms with van der Waals surface area (Å²) in [5, 5.41) is 12.2. The van der Waals surface area contributed by atoms with Gasteiger partial charge in [-0.1, -0.05) is 182 Å². The van der Waals surface area contributed by atoms with E-state index in [1.165, 1.54) is 48.8 Å². The highest BCUT2D eigenvalue weighted by Gasteiger charge is 2.23. The SMILES string of the molecule is c1ccc(-c2nc(-c3ccccc3)nc(-n3c4ccccc4c4cc5c(cc43)c3ccccc3n5-c3ccccc3-c3cccc4c5ccccc5c5ccccc5c34)n2)cc1. The Morgan fingerprint density at radius 1 is 0.274 bits per heavy atom. The first-order valence-electron chi connectivity index (χ1n) is 21.0. The van der Waals surface area contributed by atoms with Gasteiger partial charge in [0.2, 0.25) is 5.95 Å². The van der Waals surface area contributed by atoms with E-state index in [9.17, 15) is 0 Å². The number of benzene rings is 10. The van der Waals surface area contributed by atoms with E-state index in [0.717, 1.165) is 55.0 Å². The Labute approximate surface area is 356 Å². The Bertz CT molecular complexity index is 3820. The lowest BCUT2D eigenvalue weighted by atomic mass is 9.89. The van der Waals surface area contributed by atoms with Gasteiger partial charge in [-0.05, 0) is 68.2 Å². The number of para-hydroxylation sites is 3. The molecule has 13 aromatic rings. The molecule has 0 atom stereocenters. The number of hydrogen-bond donors (Lipinski definition) is 0. The van der Waals surface area contributed by atoms with Gasteiger partial charge in [-0.15, -0.1) is 0 Å². The molecule has 5 heteroatoms. The van der Waals surface area contributed by atoms with Crippen molar-refractivity contribution in [2.45, 2.75) is 0 Å². The van der Waals surface area contributed by atoms with Gasteiger partial charge in [0, 0.05) is 38.2 Å². The van der Waals surface area contributed by atoms with E-state index < -0.39 is 0 Å². The quantitative estimate of drug-likeness (QED) is 0.163. The predicted octanol–water partition coefficient (Wildman–Crippen LogP) is 14.5. The fourth-order valence-corrected chi connectivity index (χ4v) is 9.88. The smallest absolute Gasteiger partial charge is 0.238 e. The fourth-order valence-electron chi connectivity index (χ4n) is 9.88. The third-order valence-electron chi connectivity index (χ3n) is 12.6. The lowest BCUT2D eigenvalue weighted by Gasteiger charge is -2.18. The molecule has 0 saturated heterocycles. The van der Waals surface area contributed by atoms with Gasteiger partial charge in [0.25, 0.3) is 0 Å².